The number of carbonyl (C=O) groups excluding carboxylic acids is 1. The molecule has 0 saturated heterocycles. The minimum atomic E-state index is -0.918. The van der Waals surface area contributed by atoms with Crippen LogP contribution in [0.1, 0.15) is 0 Å². The Labute approximate surface area is 147 Å². The quantitative estimate of drug-likeness (QED) is 0.421. The Morgan fingerprint density at radius 3 is 2.46 bits per heavy atom. The molecule has 0 heterocycles. The van der Waals surface area contributed by atoms with Crippen molar-refractivity contribution in [1.82, 2.24) is 0 Å². The maximum atomic E-state index is 13.5. The van der Waals surface area contributed by atoms with Crippen molar-refractivity contribution in [2.45, 2.75) is 0 Å². The highest BCUT2D eigenvalue weighted by molar-refractivity contribution is 5.94. The third-order valence-electron chi connectivity index (χ3n) is 3.29. The van der Waals surface area contributed by atoms with Crippen LogP contribution in [-0.4, -0.2) is 35.6 Å². The molecule has 0 aromatic heterocycles. The number of benzene rings is 2. The van der Waals surface area contributed by atoms with Gasteiger partial charge in [-0.1, -0.05) is 0 Å². The van der Waals surface area contributed by atoms with Gasteiger partial charge in [-0.3, -0.25) is 14.9 Å². The van der Waals surface area contributed by atoms with E-state index in [0.29, 0.717) is 11.8 Å². The summed E-state index contributed by atoms with van der Waals surface area (Å²) in [6.45, 7) is -0.258. The van der Waals surface area contributed by atoms with Crippen LogP contribution in [0.4, 0.5) is 31.5 Å². The number of nitro groups is 1. The molecule has 0 unspecified atom stereocenters. The van der Waals surface area contributed by atoms with Crippen molar-refractivity contribution in [3.05, 3.63) is 58.1 Å². The summed E-state index contributed by atoms with van der Waals surface area (Å²) in [6.07, 6.45) is 0. The molecule has 0 atom stereocenters. The number of carbonyl (C=O) groups is 1. The van der Waals surface area contributed by atoms with Gasteiger partial charge in [-0.15, -0.1) is 0 Å². The lowest BCUT2D eigenvalue weighted by Gasteiger charge is -2.13. The Morgan fingerprint density at radius 1 is 1.08 bits per heavy atom. The number of hydrogen-bond donors (Lipinski definition) is 4. The van der Waals surface area contributed by atoms with Gasteiger partial charge in [-0.25, -0.2) is 8.78 Å². The highest BCUT2D eigenvalue weighted by atomic mass is 19.1. The molecule has 0 fully saturated rings. The molecule has 2 rings (SSSR count). The van der Waals surface area contributed by atoms with Gasteiger partial charge in [0.1, 0.15) is 11.6 Å². The van der Waals surface area contributed by atoms with Crippen LogP contribution in [0.2, 0.25) is 0 Å². The van der Waals surface area contributed by atoms with Gasteiger partial charge in [0.05, 0.1) is 35.1 Å². The lowest BCUT2D eigenvalue weighted by molar-refractivity contribution is -0.384. The van der Waals surface area contributed by atoms with Crippen LogP contribution in [0.5, 0.6) is 0 Å². The third-order valence-corrected chi connectivity index (χ3v) is 3.29. The summed E-state index contributed by atoms with van der Waals surface area (Å²) < 4.78 is 26.4. The molecule has 8 nitrogen and oxygen atoms in total. The summed E-state index contributed by atoms with van der Waals surface area (Å²) in [7, 11) is 0. The van der Waals surface area contributed by atoms with E-state index >= 15 is 0 Å². The van der Waals surface area contributed by atoms with E-state index in [2.05, 4.69) is 16.0 Å². The van der Waals surface area contributed by atoms with Crippen LogP contribution in [0.3, 0.4) is 0 Å². The Kier molecular flexibility index (Phi) is 6.39. The molecule has 0 bridgehead atoms. The zero-order chi connectivity index (χ0) is 19.1. The van der Waals surface area contributed by atoms with E-state index in [0.717, 1.165) is 12.1 Å². The summed E-state index contributed by atoms with van der Waals surface area (Å²) in [4.78, 5) is 22.2. The Hall–Kier alpha value is -3.27. The first-order valence-electron chi connectivity index (χ1n) is 7.52. The molecular formula is C16H16F2N4O4. The third kappa shape index (κ3) is 5.11. The second kappa shape index (κ2) is 8.72. The standard InChI is InChI=1S/C16H16F2N4O4/c17-10-1-3-13(12(18)7-10)21-16(24)9-20-15-8-11(22(25)26)2-4-14(15)19-5-6-23/h1-4,7-8,19-20,23H,5-6,9H2,(H,21,24). The SMILES string of the molecule is O=C(CNc1cc([N+](=O)[O-])ccc1NCCO)Nc1ccc(F)cc1F. The molecule has 0 aliphatic rings. The van der Waals surface area contributed by atoms with Crippen molar-refractivity contribution in [1.29, 1.82) is 0 Å². The van der Waals surface area contributed by atoms with E-state index in [9.17, 15) is 23.7 Å². The van der Waals surface area contributed by atoms with E-state index in [1.807, 2.05) is 0 Å². The van der Waals surface area contributed by atoms with Crippen molar-refractivity contribution in [2.75, 3.05) is 35.6 Å². The fourth-order valence-electron chi connectivity index (χ4n) is 2.10. The van der Waals surface area contributed by atoms with Crippen molar-refractivity contribution in [2.24, 2.45) is 0 Å². The zero-order valence-electron chi connectivity index (χ0n) is 13.5. The van der Waals surface area contributed by atoms with E-state index < -0.39 is 22.5 Å². The topological polar surface area (TPSA) is 117 Å². The van der Waals surface area contributed by atoms with Gasteiger partial charge in [0.25, 0.3) is 5.69 Å². The van der Waals surface area contributed by atoms with Crippen molar-refractivity contribution < 1.29 is 23.6 Å². The average Bonchev–Trinajstić information content (AvgIpc) is 2.60. The number of nitrogens with one attached hydrogen (secondary N) is 3. The van der Waals surface area contributed by atoms with E-state index in [4.69, 9.17) is 5.11 Å². The number of hydrogen-bond acceptors (Lipinski definition) is 6. The molecule has 1 amide bonds. The van der Waals surface area contributed by atoms with Crippen LogP contribution >= 0.6 is 0 Å². The van der Waals surface area contributed by atoms with E-state index in [1.54, 1.807) is 0 Å². The minimum Gasteiger partial charge on any atom is -0.395 e. The highest BCUT2D eigenvalue weighted by Gasteiger charge is 2.13. The summed E-state index contributed by atoms with van der Waals surface area (Å²) in [5.74, 6) is -2.32. The largest absolute Gasteiger partial charge is 0.395 e. The predicted octanol–water partition coefficient (Wildman–Crippen LogP) is 2.33. The molecule has 4 N–H and O–H groups in total. The maximum Gasteiger partial charge on any atom is 0.271 e. The first-order valence-corrected chi connectivity index (χ1v) is 7.52. The van der Waals surface area contributed by atoms with Crippen LogP contribution in [0.25, 0.3) is 0 Å². The van der Waals surface area contributed by atoms with Gasteiger partial charge in [0.15, 0.2) is 0 Å². The molecule has 0 radical (unpaired) electrons. The van der Waals surface area contributed by atoms with Crippen LogP contribution in [0, 0.1) is 21.7 Å². The Bertz CT molecular complexity index is 817. The first-order chi connectivity index (χ1) is 12.4. The fraction of sp³-hybridized carbons (Fsp3) is 0.188. The van der Waals surface area contributed by atoms with Gasteiger partial charge in [0.2, 0.25) is 5.91 Å². The molecule has 2 aromatic rings. The number of nitro benzene ring substituents is 1. The number of halogens is 2. The van der Waals surface area contributed by atoms with Crippen molar-refractivity contribution in [3.63, 3.8) is 0 Å². The van der Waals surface area contributed by atoms with E-state index in [1.165, 1.54) is 18.2 Å². The molecule has 26 heavy (non-hydrogen) atoms. The molecule has 0 aliphatic carbocycles. The van der Waals surface area contributed by atoms with Gasteiger partial charge in [0, 0.05) is 24.7 Å². The molecule has 0 spiro atoms. The summed E-state index contributed by atoms with van der Waals surface area (Å²) in [5.41, 5.74) is 0.343. The number of rotatable bonds is 8. The second-order valence-electron chi connectivity index (χ2n) is 5.16. The summed E-state index contributed by atoms with van der Waals surface area (Å²) in [6, 6.07) is 6.67. The molecule has 0 saturated carbocycles. The molecule has 0 aliphatic heterocycles. The number of aliphatic hydroxyl groups is 1. The van der Waals surface area contributed by atoms with Crippen LogP contribution in [0.15, 0.2) is 36.4 Å². The normalized spacial score (nSPS) is 10.3. The highest BCUT2D eigenvalue weighted by Crippen LogP contribution is 2.27. The molecular weight excluding hydrogens is 350 g/mol. The van der Waals surface area contributed by atoms with Crippen molar-refractivity contribution in [3.8, 4) is 0 Å². The molecule has 10 heteroatoms. The average molecular weight is 366 g/mol. The van der Waals surface area contributed by atoms with Gasteiger partial charge in [-0.2, -0.15) is 0 Å². The van der Waals surface area contributed by atoms with Crippen molar-refractivity contribution >= 4 is 28.7 Å². The Balaban J connectivity index is 2.07. The van der Waals surface area contributed by atoms with Gasteiger partial charge in [-0.05, 0) is 18.2 Å². The smallest absolute Gasteiger partial charge is 0.271 e. The number of aliphatic hydroxyl groups excluding tert-OH is 1. The van der Waals surface area contributed by atoms with Gasteiger partial charge >= 0.3 is 0 Å². The zero-order valence-corrected chi connectivity index (χ0v) is 13.5. The lowest BCUT2D eigenvalue weighted by Crippen LogP contribution is -2.23. The number of nitrogens with zero attached hydrogens (tertiary/aromatic N) is 1. The Morgan fingerprint density at radius 2 is 1.81 bits per heavy atom. The lowest BCUT2D eigenvalue weighted by atomic mass is 10.2. The number of non-ortho nitro benzene ring substituents is 1. The van der Waals surface area contributed by atoms with Gasteiger partial charge < -0.3 is 21.1 Å². The minimum absolute atomic E-state index is 0.152. The fourth-order valence-corrected chi connectivity index (χ4v) is 2.10. The number of amides is 1. The maximum absolute atomic E-state index is 13.5. The monoisotopic (exact) mass is 366 g/mol. The first kappa shape index (κ1) is 19.1. The van der Waals surface area contributed by atoms with Crippen LogP contribution < -0.4 is 16.0 Å². The number of anilines is 3. The summed E-state index contributed by atoms with van der Waals surface area (Å²) in [5, 5.41) is 27.6. The molecule has 2 aromatic carbocycles. The summed E-state index contributed by atoms with van der Waals surface area (Å²) >= 11 is 0. The van der Waals surface area contributed by atoms with Crippen LogP contribution in [-0.2, 0) is 4.79 Å². The predicted molar refractivity (Wildman–Crippen MR) is 92.1 cm³/mol. The second-order valence-corrected chi connectivity index (χ2v) is 5.16. The molecule has 138 valence electrons. The van der Waals surface area contributed by atoms with E-state index in [-0.39, 0.29) is 36.8 Å².